The van der Waals surface area contributed by atoms with Crippen molar-refractivity contribution in [3.63, 3.8) is 0 Å². The van der Waals surface area contributed by atoms with E-state index >= 15 is 0 Å². The molecule has 0 fully saturated rings. The highest BCUT2D eigenvalue weighted by molar-refractivity contribution is 5.75. The van der Waals surface area contributed by atoms with Crippen LogP contribution in [-0.4, -0.2) is 39.2 Å². The normalized spacial score (nSPS) is 10.4. The molecule has 6 nitrogen and oxygen atoms in total. The second-order valence-corrected chi connectivity index (χ2v) is 3.82. The third kappa shape index (κ3) is 3.88. The lowest BCUT2D eigenvalue weighted by Crippen LogP contribution is -2.31. The number of nitrogens with two attached hydrogens (primary N) is 1. The maximum atomic E-state index is 11.7. The number of aromatic nitrogens is 3. The Morgan fingerprint density at radius 2 is 2.31 bits per heavy atom. The zero-order valence-corrected chi connectivity index (χ0v) is 9.89. The number of anilines is 1. The van der Waals surface area contributed by atoms with Crippen LogP contribution >= 0.6 is 0 Å². The van der Waals surface area contributed by atoms with Gasteiger partial charge in [-0.25, -0.2) is 9.67 Å². The Labute approximate surface area is 95.4 Å². The molecule has 0 saturated carbocycles. The lowest BCUT2D eigenvalue weighted by atomic mass is 10.2. The molecule has 1 rings (SSSR count). The Hall–Kier alpha value is -1.59. The molecular weight excluding hydrogens is 206 g/mol. The summed E-state index contributed by atoms with van der Waals surface area (Å²) in [4.78, 5) is 17.2. The van der Waals surface area contributed by atoms with Crippen LogP contribution in [0.4, 0.5) is 5.95 Å². The van der Waals surface area contributed by atoms with Gasteiger partial charge in [0.25, 0.3) is 0 Å². The van der Waals surface area contributed by atoms with E-state index in [0.29, 0.717) is 0 Å². The molecule has 0 atom stereocenters. The van der Waals surface area contributed by atoms with Crippen LogP contribution in [0, 0.1) is 0 Å². The first kappa shape index (κ1) is 12.5. The third-order valence-corrected chi connectivity index (χ3v) is 2.37. The van der Waals surface area contributed by atoms with E-state index in [-0.39, 0.29) is 18.4 Å². The van der Waals surface area contributed by atoms with Crippen molar-refractivity contribution >= 4 is 11.9 Å². The van der Waals surface area contributed by atoms with Crippen LogP contribution in [0.1, 0.15) is 26.2 Å². The topological polar surface area (TPSA) is 77.0 Å². The summed E-state index contributed by atoms with van der Waals surface area (Å²) in [5.74, 6) is 0.224. The van der Waals surface area contributed by atoms with Crippen LogP contribution in [0.2, 0.25) is 0 Å². The quantitative estimate of drug-likeness (QED) is 0.715. The highest BCUT2D eigenvalue weighted by Crippen LogP contribution is 1.98. The fourth-order valence-electron chi connectivity index (χ4n) is 1.37. The minimum atomic E-state index is 0.0287. The first-order chi connectivity index (χ1) is 7.63. The molecule has 2 N–H and O–H groups in total. The van der Waals surface area contributed by atoms with Crippen LogP contribution in [0.5, 0.6) is 0 Å². The molecular formula is C10H19N5O. The molecule has 1 aromatic heterocycles. The van der Waals surface area contributed by atoms with Gasteiger partial charge in [-0.2, -0.15) is 0 Å². The molecule has 6 heteroatoms. The monoisotopic (exact) mass is 225 g/mol. The number of carbonyl (C=O) groups is 1. The fraction of sp³-hybridized carbons (Fsp3) is 0.700. The molecule has 0 aliphatic heterocycles. The molecule has 90 valence electrons. The number of hydrogen-bond acceptors (Lipinski definition) is 4. The molecule has 1 amide bonds. The molecule has 0 radical (unpaired) electrons. The summed E-state index contributed by atoms with van der Waals surface area (Å²) in [5.41, 5.74) is 5.36. The zero-order chi connectivity index (χ0) is 12.0. The SMILES string of the molecule is CCCCCN(C)C(=O)Cn1cnc(N)n1. The van der Waals surface area contributed by atoms with Gasteiger partial charge in [-0.15, -0.1) is 5.10 Å². The minimum absolute atomic E-state index is 0.0287. The van der Waals surface area contributed by atoms with E-state index in [1.54, 1.807) is 11.9 Å². The standard InChI is InChI=1S/C10H19N5O/c1-3-4-5-6-14(2)9(16)7-15-8-12-10(11)13-15/h8H,3-7H2,1-2H3,(H2,11,13). The van der Waals surface area contributed by atoms with Gasteiger partial charge in [-0.3, -0.25) is 4.79 Å². The molecule has 0 aliphatic carbocycles. The van der Waals surface area contributed by atoms with Gasteiger partial charge in [-0.05, 0) is 6.42 Å². The predicted octanol–water partition coefficient (Wildman–Crippen LogP) is 0.509. The van der Waals surface area contributed by atoms with E-state index in [9.17, 15) is 4.79 Å². The van der Waals surface area contributed by atoms with E-state index < -0.39 is 0 Å². The van der Waals surface area contributed by atoms with Crippen molar-refractivity contribution in [2.75, 3.05) is 19.3 Å². The Bertz CT molecular complexity index is 336. The summed E-state index contributed by atoms with van der Waals surface area (Å²) < 4.78 is 1.45. The summed E-state index contributed by atoms with van der Waals surface area (Å²) in [5, 5.41) is 3.87. The zero-order valence-electron chi connectivity index (χ0n) is 9.89. The molecule has 0 bridgehead atoms. The molecule has 1 heterocycles. The third-order valence-electron chi connectivity index (χ3n) is 2.37. The van der Waals surface area contributed by atoms with Crippen molar-refractivity contribution in [3.8, 4) is 0 Å². The number of unbranched alkanes of at least 4 members (excludes halogenated alkanes) is 2. The van der Waals surface area contributed by atoms with E-state index in [2.05, 4.69) is 17.0 Å². The highest BCUT2D eigenvalue weighted by Gasteiger charge is 2.09. The maximum absolute atomic E-state index is 11.7. The largest absolute Gasteiger partial charge is 0.367 e. The van der Waals surface area contributed by atoms with Crippen molar-refractivity contribution < 1.29 is 4.79 Å². The minimum Gasteiger partial charge on any atom is -0.367 e. The van der Waals surface area contributed by atoms with Crippen LogP contribution in [0.3, 0.4) is 0 Å². The summed E-state index contributed by atoms with van der Waals surface area (Å²) in [6, 6.07) is 0. The van der Waals surface area contributed by atoms with Gasteiger partial charge in [0, 0.05) is 13.6 Å². The van der Waals surface area contributed by atoms with Crippen LogP contribution in [-0.2, 0) is 11.3 Å². The Morgan fingerprint density at radius 1 is 1.56 bits per heavy atom. The number of carbonyl (C=O) groups excluding carboxylic acids is 1. The average molecular weight is 225 g/mol. The lowest BCUT2D eigenvalue weighted by Gasteiger charge is -2.16. The number of hydrogen-bond donors (Lipinski definition) is 1. The van der Waals surface area contributed by atoms with E-state index in [1.807, 2.05) is 0 Å². The van der Waals surface area contributed by atoms with Gasteiger partial charge >= 0.3 is 0 Å². The molecule has 0 spiro atoms. The van der Waals surface area contributed by atoms with Crippen molar-refractivity contribution in [1.82, 2.24) is 19.7 Å². The summed E-state index contributed by atoms with van der Waals surface area (Å²) >= 11 is 0. The first-order valence-corrected chi connectivity index (χ1v) is 5.52. The molecule has 16 heavy (non-hydrogen) atoms. The number of nitrogen functional groups attached to an aromatic ring is 1. The van der Waals surface area contributed by atoms with Gasteiger partial charge < -0.3 is 10.6 Å². The Balaban J connectivity index is 2.34. The lowest BCUT2D eigenvalue weighted by molar-refractivity contribution is -0.130. The summed E-state index contributed by atoms with van der Waals surface area (Å²) in [6.07, 6.45) is 4.81. The highest BCUT2D eigenvalue weighted by atomic mass is 16.2. The molecule has 0 saturated heterocycles. The smallest absolute Gasteiger partial charge is 0.244 e. The van der Waals surface area contributed by atoms with Gasteiger partial charge in [0.05, 0.1) is 0 Å². The second kappa shape index (κ2) is 6.09. The van der Waals surface area contributed by atoms with Gasteiger partial charge in [0.2, 0.25) is 11.9 Å². The van der Waals surface area contributed by atoms with E-state index in [1.165, 1.54) is 11.0 Å². The van der Waals surface area contributed by atoms with E-state index in [4.69, 9.17) is 5.73 Å². The van der Waals surface area contributed by atoms with Crippen molar-refractivity contribution in [1.29, 1.82) is 0 Å². The maximum Gasteiger partial charge on any atom is 0.244 e. The van der Waals surface area contributed by atoms with Crippen LogP contribution < -0.4 is 5.73 Å². The van der Waals surface area contributed by atoms with Gasteiger partial charge in [0.1, 0.15) is 12.9 Å². The number of likely N-dealkylation sites (N-methyl/N-ethyl adjacent to an activating group) is 1. The summed E-state index contributed by atoms with van der Waals surface area (Å²) in [7, 11) is 1.80. The molecule has 0 aliphatic rings. The molecule has 1 aromatic rings. The number of nitrogens with zero attached hydrogens (tertiary/aromatic N) is 4. The molecule has 0 unspecified atom stereocenters. The first-order valence-electron chi connectivity index (χ1n) is 5.52. The predicted molar refractivity (Wildman–Crippen MR) is 61.6 cm³/mol. The Morgan fingerprint density at radius 3 is 2.88 bits per heavy atom. The van der Waals surface area contributed by atoms with E-state index in [0.717, 1.165) is 25.8 Å². The number of rotatable bonds is 6. The average Bonchev–Trinajstić information content (AvgIpc) is 2.64. The van der Waals surface area contributed by atoms with Crippen LogP contribution in [0.25, 0.3) is 0 Å². The van der Waals surface area contributed by atoms with Gasteiger partial charge in [0.15, 0.2) is 0 Å². The number of amides is 1. The van der Waals surface area contributed by atoms with Crippen molar-refractivity contribution in [3.05, 3.63) is 6.33 Å². The second-order valence-electron chi connectivity index (χ2n) is 3.82. The molecule has 0 aromatic carbocycles. The Kier molecular flexibility index (Phi) is 4.75. The summed E-state index contributed by atoms with van der Waals surface area (Å²) in [6.45, 7) is 3.13. The van der Waals surface area contributed by atoms with Gasteiger partial charge in [-0.1, -0.05) is 19.8 Å². The van der Waals surface area contributed by atoms with Crippen molar-refractivity contribution in [2.45, 2.75) is 32.7 Å². The van der Waals surface area contributed by atoms with Crippen molar-refractivity contribution in [2.24, 2.45) is 0 Å². The fourth-order valence-corrected chi connectivity index (χ4v) is 1.37. The van der Waals surface area contributed by atoms with Crippen LogP contribution in [0.15, 0.2) is 6.33 Å².